The van der Waals surface area contributed by atoms with Crippen molar-refractivity contribution in [2.24, 2.45) is 7.05 Å². The van der Waals surface area contributed by atoms with E-state index in [9.17, 15) is 4.79 Å². The third kappa shape index (κ3) is 2.80. The molecule has 0 aliphatic rings. The second-order valence-electron chi connectivity index (χ2n) is 4.67. The normalized spacial score (nSPS) is 12.8. The highest BCUT2D eigenvalue weighted by Crippen LogP contribution is 2.17. The van der Waals surface area contributed by atoms with Gasteiger partial charge in [0.2, 0.25) is 0 Å². The molecular formula is C14H18ClN3O. The maximum atomic E-state index is 12.3. The molecule has 102 valence electrons. The van der Waals surface area contributed by atoms with Gasteiger partial charge in [-0.25, -0.2) is 4.98 Å². The Hall–Kier alpha value is -1.39. The molecule has 4 nitrogen and oxygen atoms in total. The summed E-state index contributed by atoms with van der Waals surface area (Å²) in [6.45, 7) is 5.00. The summed E-state index contributed by atoms with van der Waals surface area (Å²) in [7, 11) is 1.75. The predicted molar refractivity (Wildman–Crippen MR) is 78.7 cm³/mol. The number of hydrogen-bond acceptors (Lipinski definition) is 3. The minimum Gasteiger partial charge on any atom is -0.308 e. The van der Waals surface area contributed by atoms with E-state index in [4.69, 9.17) is 11.6 Å². The van der Waals surface area contributed by atoms with Crippen molar-refractivity contribution in [1.29, 1.82) is 0 Å². The highest BCUT2D eigenvalue weighted by molar-refractivity contribution is 6.31. The van der Waals surface area contributed by atoms with Crippen LogP contribution in [-0.4, -0.2) is 16.1 Å². The van der Waals surface area contributed by atoms with Gasteiger partial charge in [0.25, 0.3) is 5.56 Å². The maximum Gasteiger partial charge on any atom is 0.261 e. The van der Waals surface area contributed by atoms with E-state index in [0.29, 0.717) is 15.9 Å². The third-order valence-corrected chi connectivity index (χ3v) is 3.40. The van der Waals surface area contributed by atoms with E-state index < -0.39 is 0 Å². The molecule has 19 heavy (non-hydrogen) atoms. The van der Waals surface area contributed by atoms with Gasteiger partial charge in [-0.1, -0.05) is 18.5 Å². The van der Waals surface area contributed by atoms with Gasteiger partial charge in [-0.2, -0.15) is 0 Å². The largest absolute Gasteiger partial charge is 0.308 e. The van der Waals surface area contributed by atoms with Crippen LogP contribution in [0.2, 0.25) is 5.02 Å². The molecule has 0 saturated carbocycles. The molecule has 0 saturated heterocycles. The summed E-state index contributed by atoms with van der Waals surface area (Å²) >= 11 is 5.96. The average Bonchev–Trinajstić information content (AvgIpc) is 2.39. The Labute approximate surface area is 117 Å². The molecule has 0 spiro atoms. The third-order valence-electron chi connectivity index (χ3n) is 3.16. The summed E-state index contributed by atoms with van der Waals surface area (Å²) in [4.78, 5) is 16.9. The number of aromatic nitrogens is 2. The molecule has 1 aromatic carbocycles. The van der Waals surface area contributed by atoms with Crippen molar-refractivity contribution in [2.75, 3.05) is 6.54 Å². The molecule has 1 heterocycles. The molecule has 0 unspecified atom stereocenters. The SMILES string of the molecule is CCCN[C@H](C)c1nc2cc(Cl)ccc2c(=O)n1C. The maximum absolute atomic E-state index is 12.3. The fourth-order valence-corrected chi connectivity index (χ4v) is 2.27. The van der Waals surface area contributed by atoms with Crippen LogP contribution in [-0.2, 0) is 7.05 Å². The van der Waals surface area contributed by atoms with Gasteiger partial charge in [-0.15, -0.1) is 0 Å². The lowest BCUT2D eigenvalue weighted by molar-refractivity contribution is 0.519. The van der Waals surface area contributed by atoms with Crippen molar-refractivity contribution in [2.45, 2.75) is 26.3 Å². The summed E-state index contributed by atoms with van der Waals surface area (Å²) in [6.07, 6.45) is 1.04. The molecule has 0 amide bonds. The molecule has 0 fully saturated rings. The first-order valence-electron chi connectivity index (χ1n) is 6.44. The molecule has 0 aliphatic heterocycles. The highest BCUT2D eigenvalue weighted by atomic mass is 35.5. The van der Waals surface area contributed by atoms with Crippen molar-refractivity contribution < 1.29 is 0 Å². The molecule has 2 aromatic rings. The van der Waals surface area contributed by atoms with Gasteiger partial charge in [0.05, 0.1) is 16.9 Å². The first-order chi connectivity index (χ1) is 9.04. The van der Waals surface area contributed by atoms with E-state index in [1.165, 1.54) is 0 Å². The standard InChI is InChI=1S/C14H18ClN3O/c1-4-7-16-9(2)13-17-12-8-10(15)5-6-11(12)14(19)18(13)3/h5-6,8-9,16H,4,7H2,1-3H3/t9-/m1/s1. The number of rotatable bonds is 4. The summed E-state index contributed by atoms with van der Waals surface area (Å²) in [5, 5.41) is 4.53. The van der Waals surface area contributed by atoms with Crippen LogP contribution in [0.3, 0.4) is 0 Å². The second-order valence-corrected chi connectivity index (χ2v) is 5.11. The lowest BCUT2D eigenvalue weighted by atomic mass is 10.2. The Balaban J connectivity index is 2.56. The van der Waals surface area contributed by atoms with Crippen molar-refractivity contribution in [3.8, 4) is 0 Å². The number of nitrogens with zero attached hydrogens (tertiary/aromatic N) is 2. The van der Waals surface area contributed by atoms with Gasteiger partial charge < -0.3 is 5.32 Å². The zero-order valence-electron chi connectivity index (χ0n) is 11.4. The molecule has 2 rings (SSSR count). The average molecular weight is 280 g/mol. The number of nitrogens with one attached hydrogen (secondary N) is 1. The minimum absolute atomic E-state index is 0.0287. The van der Waals surface area contributed by atoms with E-state index in [0.717, 1.165) is 18.8 Å². The van der Waals surface area contributed by atoms with Crippen molar-refractivity contribution >= 4 is 22.5 Å². The van der Waals surface area contributed by atoms with E-state index in [1.54, 1.807) is 29.8 Å². The van der Waals surface area contributed by atoms with Gasteiger partial charge >= 0.3 is 0 Å². The molecule has 0 aliphatic carbocycles. The van der Waals surface area contributed by atoms with Gasteiger partial charge in [0, 0.05) is 12.1 Å². The van der Waals surface area contributed by atoms with Crippen LogP contribution in [0.15, 0.2) is 23.0 Å². The Morgan fingerprint density at radius 1 is 1.47 bits per heavy atom. The Morgan fingerprint density at radius 3 is 2.89 bits per heavy atom. The number of fused-ring (bicyclic) bond motifs is 1. The van der Waals surface area contributed by atoms with Crippen LogP contribution in [0.5, 0.6) is 0 Å². The molecule has 0 bridgehead atoms. The Kier molecular flexibility index (Phi) is 4.22. The van der Waals surface area contributed by atoms with E-state index in [1.807, 2.05) is 6.92 Å². The molecular weight excluding hydrogens is 262 g/mol. The van der Waals surface area contributed by atoms with E-state index >= 15 is 0 Å². The number of hydrogen-bond donors (Lipinski definition) is 1. The Bertz CT molecular complexity index is 651. The van der Waals surface area contributed by atoms with Gasteiger partial charge in [-0.05, 0) is 38.1 Å². The first-order valence-corrected chi connectivity index (χ1v) is 6.82. The van der Waals surface area contributed by atoms with Crippen LogP contribution >= 0.6 is 11.6 Å². The highest BCUT2D eigenvalue weighted by Gasteiger charge is 2.13. The predicted octanol–water partition coefficient (Wildman–Crippen LogP) is 2.65. The molecule has 1 atom stereocenters. The van der Waals surface area contributed by atoms with Gasteiger partial charge in [0.1, 0.15) is 5.82 Å². The van der Waals surface area contributed by atoms with Crippen molar-refractivity contribution in [3.63, 3.8) is 0 Å². The van der Waals surface area contributed by atoms with Crippen LogP contribution in [0, 0.1) is 0 Å². The minimum atomic E-state index is -0.0400. The zero-order valence-corrected chi connectivity index (χ0v) is 12.2. The van der Waals surface area contributed by atoms with Crippen molar-refractivity contribution in [1.82, 2.24) is 14.9 Å². The van der Waals surface area contributed by atoms with E-state index in [2.05, 4.69) is 17.2 Å². The van der Waals surface area contributed by atoms with Crippen LogP contribution in [0.25, 0.3) is 10.9 Å². The fraction of sp³-hybridized carbons (Fsp3) is 0.429. The summed E-state index contributed by atoms with van der Waals surface area (Å²) in [5.41, 5.74) is 0.609. The number of halogens is 1. The Morgan fingerprint density at radius 2 is 2.21 bits per heavy atom. The summed E-state index contributed by atoms with van der Waals surface area (Å²) in [6, 6.07) is 5.20. The molecule has 1 aromatic heterocycles. The van der Waals surface area contributed by atoms with Gasteiger partial charge in [0.15, 0.2) is 0 Å². The lowest BCUT2D eigenvalue weighted by Crippen LogP contribution is -2.29. The monoisotopic (exact) mass is 279 g/mol. The molecule has 1 N–H and O–H groups in total. The number of benzene rings is 1. The van der Waals surface area contributed by atoms with Crippen LogP contribution in [0.1, 0.15) is 32.1 Å². The smallest absolute Gasteiger partial charge is 0.261 e. The second kappa shape index (κ2) is 5.72. The van der Waals surface area contributed by atoms with E-state index in [-0.39, 0.29) is 11.6 Å². The molecule has 0 radical (unpaired) electrons. The van der Waals surface area contributed by atoms with Crippen LogP contribution < -0.4 is 10.9 Å². The summed E-state index contributed by atoms with van der Waals surface area (Å²) < 4.78 is 1.60. The van der Waals surface area contributed by atoms with Crippen LogP contribution in [0.4, 0.5) is 0 Å². The quantitative estimate of drug-likeness (QED) is 0.936. The lowest BCUT2D eigenvalue weighted by Gasteiger charge is -2.16. The first kappa shape index (κ1) is 14.0. The summed E-state index contributed by atoms with van der Waals surface area (Å²) in [5.74, 6) is 0.730. The molecule has 5 heteroatoms. The van der Waals surface area contributed by atoms with Crippen molar-refractivity contribution in [3.05, 3.63) is 39.4 Å². The van der Waals surface area contributed by atoms with Gasteiger partial charge in [-0.3, -0.25) is 9.36 Å². The fourth-order valence-electron chi connectivity index (χ4n) is 2.10. The topological polar surface area (TPSA) is 46.9 Å². The zero-order chi connectivity index (χ0) is 14.0.